The summed E-state index contributed by atoms with van der Waals surface area (Å²) >= 11 is 0. The molecule has 0 bridgehead atoms. The van der Waals surface area contributed by atoms with Gasteiger partial charge in [-0.1, -0.05) is 50.0 Å². The predicted octanol–water partition coefficient (Wildman–Crippen LogP) is -2.62. The fourth-order valence-electron chi connectivity index (χ4n) is 9.62. The number of halogens is 6. The van der Waals surface area contributed by atoms with Crippen LogP contribution in [0.3, 0.4) is 0 Å². The van der Waals surface area contributed by atoms with Gasteiger partial charge in [-0.25, -0.2) is 27.6 Å². The molecular formula is C57H96BF6N4Na2O24. The first-order valence-corrected chi connectivity index (χ1v) is 26.5. The number of nitrogens with two attached hydrogens (primary N) is 1. The zero-order chi connectivity index (χ0) is 70.3. The van der Waals surface area contributed by atoms with Crippen LogP contribution in [0.1, 0.15) is 131 Å². The summed E-state index contributed by atoms with van der Waals surface area (Å²) in [6, 6.07) is -1.67. The maximum atomic E-state index is 15.3. The number of hydrogen-bond acceptors (Lipinski definition) is 27. The third kappa shape index (κ3) is 31.3. The Hall–Kier alpha value is -4.55. The molecule has 0 saturated carbocycles. The van der Waals surface area contributed by atoms with Gasteiger partial charge in [-0.2, -0.15) is 20.3 Å². The third-order valence-electron chi connectivity index (χ3n) is 13.5. The number of nitrogens with one attached hydrogen (secondary N) is 2. The monoisotopic (exact) mass is 1390 g/mol. The molecule has 6 unspecified atom stereocenters. The van der Waals surface area contributed by atoms with Crippen LogP contribution in [-0.4, -0.2) is 226 Å². The molecule has 37 heteroatoms. The molecule has 3 rings (SSSR count). The van der Waals surface area contributed by atoms with Crippen LogP contribution in [-0.2, 0) is 90.6 Å². The third-order valence-corrected chi connectivity index (χ3v) is 13.5. The number of aliphatic carboxylic acids is 1. The Morgan fingerprint density at radius 3 is 1.11 bits per heavy atom. The van der Waals surface area contributed by atoms with Crippen LogP contribution in [0.4, 0.5) is 26.3 Å². The molecule has 3 saturated heterocycles. The molecule has 0 aromatic heterocycles. The van der Waals surface area contributed by atoms with Crippen molar-refractivity contribution in [3.05, 3.63) is 6.57 Å². The van der Waals surface area contributed by atoms with Crippen LogP contribution in [0.5, 0.6) is 0 Å². The van der Waals surface area contributed by atoms with Crippen LogP contribution < -0.4 is 70.0 Å². The second-order valence-electron chi connectivity index (χ2n) is 19.7. The first-order valence-electron chi connectivity index (χ1n) is 26.5. The summed E-state index contributed by atoms with van der Waals surface area (Å²) in [5.41, 5.74) is 5.84. The quantitative estimate of drug-likeness (QED) is 0.0146. The molecule has 3 aliphatic heterocycles. The van der Waals surface area contributed by atoms with Crippen LogP contribution in [0.25, 0.3) is 0 Å². The fraction of sp³-hybridized carbons (Fsp3) is 0.772. The number of rotatable bonds is 22. The molecule has 21 atom stereocenters. The van der Waals surface area contributed by atoms with E-state index in [-0.39, 0.29) is 128 Å². The van der Waals surface area contributed by atoms with E-state index < -0.39 is 187 Å². The molecular weight excluding hydrogens is 1300 g/mol. The topological polar surface area (TPSA) is 455 Å². The van der Waals surface area contributed by atoms with Gasteiger partial charge in [0, 0.05) is 79.2 Å². The zero-order valence-corrected chi connectivity index (χ0v) is 57.9. The number of ether oxygens (including phenoxy) is 9. The Kier molecular flexibility index (Phi) is 63.1. The van der Waals surface area contributed by atoms with Crippen molar-refractivity contribution in [1.82, 2.24) is 0 Å². The standard InChI is InChI=1S/C19H28F2O8.C18H27F2NO8.C13H20F2O7.2CH3N.CN.CH3O.3CH4.B.2Na/c1-7-14(27-11(4)23)16(28-12(5)24)15-13(8-9(2)22)10(3)17(20)19(21,29-15)18(25)26-6;1-6-12(27-9(3)23)15(28-10(4)24)14-11(7-8(2)22)13(21)16(19)18(20,29-14)17(25)26-5;1-5(17)3-7-6(2)11(14)13(15,12(20)21)22-10(7)9(19)8(18)4-16;4*1-2;;;;;;/h10,13-17H,7-8H2,1-6H3;11-16H,6-7,21H2,1-5H3;6-11,16,18-19H,3-4H2,1-2H3,(H,20,21);2*2H,1H2;;1H3;3*1H4;;;/q;;;;;2*-1;;;;;2*+1/t10-,13+,14+,15?,16+,17?,19+;11-,12-,13+,14?,15-,16?,18-;6-,7+,8+,9+,10?,11?,13+;;;;;;;;;;/m010........../s1. The summed E-state index contributed by atoms with van der Waals surface area (Å²) in [7, 11) is 2.46. The molecule has 0 aromatic rings. The van der Waals surface area contributed by atoms with Crippen molar-refractivity contribution in [2.75, 3.05) is 27.9 Å². The van der Waals surface area contributed by atoms with Gasteiger partial charge < -0.3 is 111 Å². The maximum Gasteiger partial charge on any atom is 1.00 e. The smallest absolute Gasteiger partial charge is 0.857 e. The van der Waals surface area contributed by atoms with Gasteiger partial charge in [0.1, 0.15) is 54.0 Å². The summed E-state index contributed by atoms with van der Waals surface area (Å²) in [6.07, 6.45) is -21.6. The molecule has 3 radical (unpaired) electrons. The minimum Gasteiger partial charge on any atom is -0.857 e. The van der Waals surface area contributed by atoms with Gasteiger partial charge in [-0.05, 0) is 58.9 Å². The number of methoxy groups -OCH3 is 2. The molecule has 3 heterocycles. The number of nitrogens with zero attached hydrogens (tertiary/aromatic N) is 1. The van der Waals surface area contributed by atoms with Gasteiger partial charge in [0.05, 0.1) is 26.9 Å². The zero-order valence-electron chi connectivity index (χ0n) is 53.9. The van der Waals surface area contributed by atoms with Gasteiger partial charge in [-0.15, -0.1) is 0 Å². The Bertz CT molecular complexity index is 2200. The molecule has 535 valence electrons. The van der Waals surface area contributed by atoms with E-state index in [2.05, 4.69) is 27.6 Å². The van der Waals surface area contributed by atoms with Crippen molar-refractivity contribution in [2.45, 2.75) is 228 Å². The average Bonchev–Trinajstić information content (AvgIpc) is 0.774. The molecule has 3 aliphatic rings. The van der Waals surface area contributed by atoms with Crippen LogP contribution in [0.2, 0.25) is 0 Å². The Balaban J connectivity index is -0.000000130. The minimum atomic E-state index is -3.70. The molecule has 94 heavy (non-hydrogen) atoms. The number of aliphatic hydroxyl groups is 3. The van der Waals surface area contributed by atoms with Crippen LogP contribution >= 0.6 is 0 Å². The maximum absolute atomic E-state index is 15.3. The molecule has 3 fully saturated rings. The van der Waals surface area contributed by atoms with E-state index in [1.807, 2.05) is 0 Å². The van der Waals surface area contributed by atoms with Crippen molar-refractivity contribution in [3.63, 3.8) is 0 Å². The summed E-state index contributed by atoms with van der Waals surface area (Å²) in [5.74, 6) is -26.0. The van der Waals surface area contributed by atoms with E-state index in [4.69, 9.17) is 72.1 Å². The Labute approximate surface area is 592 Å². The minimum absolute atomic E-state index is 0. The van der Waals surface area contributed by atoms with Crippen LogP contribution in [0, 0.1) is 52.2 Å². The molecule has 0 spiro atoms. The summed E-state index contributed by atoms with van der Waals surface area (Å²) in [6.45, 7) is 22.6. The fourth-order valence-corrected chi connectivity index (χ4v) is 9.62. The Morgan fingerprint density at radius 1 is 0.574 bits per heavy atom. The van der Waals surface area contributed by atoms with Gasteiger partial charge in [0.2, 0.25) is 0 Å². The second-order valence-corrected chi connectivity index (χ2v) is 19.7. The van der Waals surface area contributed by atoms with E-state index in [1.165, 1.54) is 34.6 Å². The summed E-state index contributed by atoms with van der Waals surface area (Å²) < 4.78 is 133. The van der Waals surface area contributed by atoms with Crippen molar-refractivity contribution in [3.8, 4) is 0 Å². The molecule has 28 nitrogen and oxygen atoms in total. The Morgan fingerprint density at radius 2 is 0.840 bits per heavy atom. The van der Waals surface area contributed by atoms with Crippen LogP contribution in [0.15, 0.2) is 0 Å². The average molecular weight is 1390 g/mol. The number of carboxylic acids is 1. The largest absolute Gasteiger partial charge is 1.00 e. The van der Waals surface area contributed by atoms with Gasteiger partial charge >= 0.3 is 118 Å². The number of aliphatic hydroxyl groups excluding tert-OH is 3. The molecule has 0 aliphatic carbocycles. The van der Waals surface area contributed by atoms with E-state index in [1.54, 1.807) is 13.8 Å². The summed E-state index contributed by atoms with van der Waals surface area (Å²) in [4.78, 5) is 116. The van der Waals surface area contributed by atoms with Crippen molar-refractivity contribution in [1.29, 1.82) is 16.1 Å². The van der Waals surface area contributed by atoms with Gasteiger partial charge in [0.25, 0.3) is 0 Å². The van der Waals surface area contributed by atoms with Gasteiger partial charge in [0.15, 0.2) is 30.7 Å². The van der Waals surface area contributed by atoms with Crippen molar-refractivity contribution < 1.29 is 202 Å². The van der Waals surface area contributed by atoms with Gasteiger partial charge in [-0.3, -0.25) is 19.2 Å². The number of carbonyl (C=O) groups is 10. The number of alkyl halides is 6. The number of Topliss-reactive ketones (excluding diaryl/α,β-unsaturated/α-hetero) is 3. The predicted molar refractivity (Wildman–Crippen MR) is 314 cm³/mol. The number of carboxylic acid groups (broad SMARTS) is 1. The summed E-state index contributed by atoms with van der Waals surface area (Å²) in [5, 5.41) is 62.6. The number of esters is 6. The number of hydrogen-bond donors (Lipinski definition) is 7. The first kappa shape index (κ1) is 111. The van der Waals surface area contributed by atoms with E-state index in [9.17, 15) is 75.7 Å². The van der Waals surface area contributed by atoms with Crippen molar-refractivity contribution >= 4 is 81.0 Å². The molecule has 0 amide bonds. The van der Waals surface area contributed by atoms with Crippen molar-refractivity contribution in [2.24, 2.45) is 35.3 Å². The number of carbonyl (C=O) groups excluding carboxylic acids is 9. The van der Waals surface area contributed by atoms with E-state index >= 15 is 8.78 Å². The SMILES string of the molecule is C.C.C.C=N.C=N.CC(=O)C[C@H]1C([C@H](O)[C@H](O)CO)O[C@@](F)(C(=O)O)C(F)[C@H]1C.CC[C@@H](OC(C)=O)[C@@H](OC(C)=O)C1O[C@@](F)(C(=O)OC)C(F)[C@@H](C)[C@H]1CC(C)=O.CC[C@@H](OC(C)=O)[C@@H](OC(C)=O)C1O[C@@](F)(C(=O)OC)C(F)[C@@H](N)[C@H]1CC(C)=O.C[O-].[B].[C-]#N.[Na+].[Na+]. The van der Waals surface area contributed by atoms with E-state index in [0.717, 1.165) is 49.0 Å². The normalized spacial score (nSPS) is 28.5. The molecule has 0 aromatic carbocycles. The van der Waals surface area contributed by atoms with E-state index in [0.29, 0.717) is 0 Å². The molecule has 8 N–H and O–H groups in total. The number of ketones is 3. The second kappa shape index (κ2) is 53.5. The first-order chi connectivity index (χ1) is 40.8.